The van der Waals surface area contributed by atoms with E-state index in [9.17, 15) is 0 Å². The molecule has 0 rings (SSSR count). The summed E-state index contributed by atoms with van der Waals surface area (Å²) in [7, 11) is 4.21. The molecule has 0 aromatic carbocycles. The third kappa shape index (κ3) is 8.48. The summed E-state index contributed by atoms with van der Waals surface area (Å²) in [6, 6.07) is 0.508. The smallest absolute Gasteiger partial charge is 0.0620 e. The van der Waals surface area contributed by atoms with Gasteiger partial charge in [0.15, 0.2) is 0 Å². The molecule has 0 aliphatic rings. The molecule has 0 aromatic rings. The van der Waals surface area contributed by atoms with Crippen LogP contribution in [0, 0.1) is 0 Å². The zero-order valence-corrected chi connectivity index (χ0v) is 10.2. The fraction of sp³-hybridized carbons (Fsp3) is 1.00. The second kappa shape index (κ2) is 9.44. The van der Waals surface area contributed by atoms with Crippen LogP contribution < -0.4 is 5.32 Å². The van der Waals surface area contributed by atoms with Gasteiger partial charge in [-0.1, -0.05) is 13.8 Å². The largest absolute Gasteiger partial charge is 0.380 e. The van der Waals surface area contributed by atoms with Crippen LogP contribution in [0.5, 0.6) is 0 Å². The van der Waals surface area contributed by atoms with Crippen LogP contribution in [0.1, 0.15) is 26.7 Å². The van der Waals surface area contributed by atoms with Crippen molar-refractivity contribution in [3.05, 3.63) is 0 Å². The van der Waals surface area contributed by atoms with E-state index < -0.39 is 0 Å². The lowest BCUT2D eigenvalue weighted by molar-refractivity contribution is 0.107. The molecule has 0 aliphatic carbocycles. The number of hydrogen-bond donors (Lipinski definition) is 1. The van der Waals surface area contributed by atoms with E-state index in [-0.39, 0.29) is 0 Å². The summed E-state index contributed by atoms with van der Waals surface area (Å²) >= 11 is 0. The topological polar surface area (TPSA) is 24.5 Å². The van der Waals surface area contributed by atoms with E-state index in [4.69, 9.17) is 4.74 Å². The van der Waals surface area contributed by atoms with Crippen molar-refractivity contribution in [2.24, 2.45) is 0 Å². The lowest BCUT2D eigenvalue weighted by Gasteiger charge is -2.19. The highest BCUT2D eigenvalue weighted by atomic mass is 16.5. The van der Waals surface area contributed by atoms with Gasteiger partial charge >= 0.3 is 0 Å². The Hall–Kier alpha value is -0.120. The summed E-state index contributed by atoms with van der Waals surface area (Å²) in [5.74, 6) is 0. The minimum Gasteiger partial charge on any atom is -0.380 e. The van der Waals surface area contributed by atoms with E-state index >= 15 is 0 Å². The summed E-state index contributed by atoms with van der Waals surface area (Å²) in [4.78, 5) is 2.21. The van der Waals surface area contributed by atoms with Gasteiger partial charge in [-0.05, 0) is 40.0 Å². The van der Waals surface area contributed by atoms with Gasteiger partial charge < -0.3 is 15.0 Å². The summed E-state index contributed by atoms with van der Waals surface area (Å²) in [6.45, 7) is 8.14. The Labute approximate surface area is 88.8 Å². The number of ether oxygens (including phenoxy) is 1. The molecular formula is C11H26N2O. The highest BCUT2D eigenvalue weighted by molar-refractivity contribution is 4.66. The third-order valence-corrected chi connectivity index (χ3v) is 2.09. The molecule has 86 valence electrons. The lowest BCUT2D eigenvalue weighted by Crippen LogP contribution is -2.36. The molecular weight excluding hydrogens is 176 g/mol. The van der Waals surface area contributed by atoms with E-state index in [2.05, 4.69) is 38.2 Å². The number of hydrogen-bond acceptors (Lipinski definition) is 3. The molecule has 14 heavy (non-hydrogen) atoms. The van der Waals surface area contributed by atoms with Crippen LogP contribution in [0.25, 0.3) is 0 Å². The minimum absolute atomic E-state index is 0.508. The molecule has 1 unspecified atom stereocenters. The van der Waals surface area contributed by atoms with Gasteiger partial charge in [-0.3, -0.25) is 0 Å². The molecule has 1 N–H and O–H groups in total. The summed E-state index contributed by atoms with van der Waals surface area (Å²) < 4.78 is 5.55. The second-order valence-corrected chi connectivity index (χ2v) is 3.92. The average Bonchev–Trinajstić information content (AvgIpc) is 2.14. The minimum atomic E-state index is 0.508. The quantitative estimate of drug-likeness (QED) is 0.571. The van der Waals surface area contributed by atoms with Crippen molar-refractivity contribution in [1.82, 2.24) is 10.2 Å². The molecule has 0 aliphatic heterocycles. The SMILES string of the molecule is CCCOCC(CCN(C)C)NCC. The predicted molar refractivity (Wildman–Crippen MR) is 61.7 cm³/mol. The maximum Gasteiger partial charge on any atom is 0.0620 e. The molecule has 0 radical (unpaired) electrons. The van der Waals surface area contributed by atoms with Gasteiger partial charge in [0, 0.05) is 12.6 Å². The van der Waals surface area contributed by atoms with Crippen molar-refractivity contribution in [3.8, 4) is 0 Å². The van der Waals surface area contributed by atoms with Crippen LogP contribution in [0.3, 0.4) is 0 Å². The van der Waals surface area contributed by atoms with E-state index in [1.807, 2.05) is 0 Å². The molecule has 3 nitrogen and oxygen atoms in total. The van der Waals surface area contributed by atoms with Crippen LogP contribution in [0.15, 0.2) is 0 Å². The van der Waals surface area contributed by atoms with Crippen LogP contribution in [0.2, 0.25) is 0 Å². The van der Waals surface area contributed by atoms with Crippen molar-refractivity contribution in [3.63, 3.8) is 0 Å². The normalized spacial score (nSPS) is 13.5. The second-order valence-electron chi connectivity index (χ2n) is 3.92. The van der Waals surface area contributed by atoms with Crippen LogP contribution >= 0.6 is 0 Å². The predicted octanol–water partition coefficient (Wildman–Crippen LogP) is 1.34. The van der Waals surface area contributed by atoms with Crippen molar-refractivity contribution in [2.75, 3.05) is 40.4 Å². The zero-order valence-electron chi connectivity index (χ0n) is 10.2. The molecule has 0 saturated carbocycles. The van der Waals surface area contributed by atoms with Crippen molar-refractivity contribution < 1.29 is 4.74 Å². The van der Waals surface area contributed by atoms with Gasteiger partial charge in [-0.25, -0.2) is 0 Å². The number of nitrogens with zero attached hydrogens (tertiary/aromatic N) is 1. The molecule has 0 aromatic heterocycles. The highest BCUT2D eigenvalue weighted by Crippen LogP contribution is 1.95. The first-order valence-corrected chi connectivity index (χ1v) is 5.66. The molecule has 3 heteroatoms. The first-order chi connectivity index (χ1) is 6.70. The monoisotopic (exact) mass is 202 g/mol. The summed E-state index contributed by atoms with van der Waals surface area (Å²) in [6.07, 6.45) is 2.26. The van der Waals surface area contributed by atoms with Gasteiger partial charge in [0.1, 0.15) is 0 Å². The Kier molecular flexibility index (Phi) is 9.35. The fourth-order valence-corrected chi connectivity index (χ4v) is 1.32. The molecule has 0 spiro atoms. The number of likely N-dealkylation sites (N-methyl/N-ethyl adjacent to an activating group) is 1. The van der Waals surface area contributed by atoms with Gasteiger partial charge in [0.2, 0.25) is 0 Å². The number of nitrogens with one attached hydrogen (secondary N) is 1. The third-order valence-electron chi connectivity index (χ3n) is 2.09. The summed E-state index contributed by atoms with van der Waals surface area (Å²) in [5.41, 5.74) is 0. The Morgan fingerprint density at radius 3 is 2.50 bits per heavy atom. The molecule has 0 fully saturated rings. The average molecular weight is 202 g/mol. The fourth-order valence-electron chi connectivity index (χ4n) is 1.32. The van der Waals surface area contributed by atoms with Crippen molar-refractivity contribution >= 4 is 0 Å². The van der Waals surface area contributed by atoms with Crippen molar-refractivity contribution in [2.45, 2.75) is 32.7 Å². The van der Waals surface area contributed by atoms with E-state index in [1.165, 1.54) is 0 Å². The Morgan fingerprint density at radius 1 is 1.29 bits per heavy atom. The lowest BCUT2D eigenvalue weighted by atomic mass is 10.2. The van der Waals surface area contributed by atoms with Gasteiger partial charge in [-0.2, -0.15) is 0 Å². The molecule has 0 bridgehead atoms. The van der Waals surface area contributed by atoms with Gasteiger partial charge in [-0.15, -0.1) is 0 Å². The standard InChI is InChI=1S/C11H26N2O/c1-5-9-14-10-11(12-6-2)7-8-13(3)4/h11-12H,5-10H2,1-4H3. The summed E-state index contributed by atoms with van der Waals surface area (Å²) in [5, 5.41) is 3.45. The molecule has 0 amide bonds. The van der Waals surface area contributed by atoms with Crippen molar-refractivity contribution in [1.29, 1.82) is 0 Å². The Balaban J connectivity index is 3.54. The first kappa shape index (κ1) is 13.9. The number of rotatable bonds is 9. The van der Waals surface area contributed by atoms with E-state index in [0.29, 0.717) is 6.04 Å². The van der Waals surface area contributed by atoms with E-state index in [0.717, 1.165) is 39.1 Å². The van der Waals surface area contributed by atoms with Crippen LogP contribution in [0.4, 0.5) is 0 Å². The van der Waals surface area contributed by atoms with Gasteiger partial charge in [0.25, 0.3) is 0 Å². The molecule has 1 atom stereocenters. The maximum absolute atomic E-state index is 5.55. The Morgan fingerprint density at radius 2 is 2.00 bits per heavy atom. The Bertz CT molecular complexity index is 118. The molecule has 0 saturated heterocycles. The molecule has 0 heterocycles. The van der Waals surface area contributed by atoms with Crippen LogP contribution in [-0.4, -0.2) is 51.3 Å². The van der Waals surface area contributed by atoms with E-state index in [1.54, 1.807) is 0 Å². The highest BCUT2D eigenvalue weighted by Gasteiger charge is 2.07. The first-order valence-electron chi connectivity index (χ1n) is 5.66. The van der Waals surface area contributed by atoms with Crippen LogP contribution in [-0.2, 0) is 4.74 Å². The van der Waals surface area contributed by atoms with Gasteiger partial charge in [0.05, 0.1) is 6.61 Å². The maximum atomic E-state index is 5.55. The zero-order chi connectivity index (χ0) is 10.8.